The lowest BCUT2D eigenvalue weighted by molar-refractivity contribution is -0.146. The van der Waals surface area contributed by atoms with Gasteiger partial charge in [-0.3, -0.25) is 39.0 Å². The summed E-state index contributed by atoms with van der Waals surface area (Å²) in [7, 11) is 3.18. The molecule has 2 saturated heterocycles. The third-order valence-electron chi connectivity index (χ3n) is 16.9. The fourth-order valence-corrected chi connectivity index (χ4v) is 13.0. The molecule has 84 heavy (non-hydrogen) atoms. The number of rotatable bonds is 17. The summed E-state index contributed by atoms with van der Waals surface area (Å²) in [5, 5.41) is 15.3. The van der Waals surface area contributed by atoms with E-state index in [1.165, 1.54) is 16.8 Å². The zero-order valence-corrected chi connectivity index (χ0v) is 50.2. The number of fused-ring (bicyclic) bond motifs is 3. The Balaban J connectivity index is 0.000000253. The number of benzene rings is 3. The molecule has 2 saturated carbocycles. The monoisotopic (exact) mass is 1180 g/mol. The van der Waals surface area contributed by atoms with Gasteiger partial charge in [0.1, 0.15) is 53.1 Å². The first kappa shape index (κ1) is 62.8. The second kappa shape index (κ2) is 28.5. The van der Waals surface area contributed by atoms with Crippen molar-refractivity contribution in [1.29, 1.82) is 0 Å². The lowest BCUT2D eigenvalue weighted by Crippen LogP contribution is -2.58. The lowest BCUT2D eigenvalue weighted by Gasteiger charge is -2.35. The second-order valence-electron chi connectivity index (χ2n) is 23.7. The van der Waals surface area contributed by atoms with E-state index in [0.717, 1.165) is 103 Å². The van der Waals surface area contributed by atoms with Crippen molar-refractivity contribution < 1.29 is 52.2 Å². The standard InChI is InChI=1S/C41H46N6O5S.C22H36FN3O5/c1-25(42-2)36(48)43-35(27-16-7-4-8-17-27)39(50)47-23-13-22-33(47)37(49)45-38-34(26-14-5-3-6-15-26)44-40(53-38)46-41(51)52-24-32-30-20-11-9-18-28(30)29-19-10-12-21-31(29)32;1-14(25(5)21(30)31-22(2,3)4)19(28)24-17(15-10-7-6-8-11-15)20(29)26-13-9-12-16(26)18(23)27/h3,5-6,9-12,14-15,18-21,25,27,32-33,35,42H,4,7-8,13,16-17,22-24H2,1-2H3,(H,43,48)(H,45,49)(H,44,46,51);14-17H,6-13H2,1-5H3,(H,24,28)/t25-,33-,35-;14-,16-,17-/m00/s1. The van der Waals surface area contributed by atoms with Crippen LogP contribution in [-0.4, -0.2) is 143 Å². The third-order valence-corrected chi connectivity index (χ3v) is 17.8. The van der Waals surface area contributed by atoms with Gasteiger partial charge in [-0.15, -0.1) is 0 Å². The maximum atomic E-state index is 14.2. The van der Waals surface area contributed by atoms with Crippen LogP contribution in [0.3, 0.4) is 0 Å². The van der Waals surface area contributed by atoms with Crippen molar-refractivity contribution in [3.05, 3.63) is 90.0 Å². The fourth-order valence-electron chi connectivity index (χ4n) is 12.1. The average molecular weight is 1180 g/mol. The van der Waals surface area contributed by atoms with Gasteiger partial charge in [-0.2, -0.15) is 4.39 Å². The van der Waals surface area contributed by atoms with Crippen molar-refractivity contribution >= 4 is 69.2 Å². The topological polar surface area (TPSA) is 238 Å². The van der Waals surface area contributed by atoms with Gasteiger partial charge < -0.3 is 40.5 Å². The summed E-state index contributed by atoms with van der Waals surface area (Å²) in [4.78, 5) is 113. The first-order valence-electron chi connectivity index (χ1n) is 29.8. The number of hydrogen-bond acceptors (Lipinski definition) is 13. The molecule has 5 N–H and O–H groups in total. The number of likely N-dealkylation sites (tertiary alicyclic amines) is 2. The molecule has 0 unspecified atom stereocenters. The van der Waals surface area contributed by atoms with E-state index in [-0.39, 0.29) is 47.2 Å². The van der Waals surface area contributed by atoms with E-state index in [1.54, 1.807) is 46.6 Å². The van der Waals surface area contributed by atoms with E-state index < -0.39 is 71.9 Å². The highest BCUT2D eigenvalue weighted by molar-refractivity contribution is 7.20. The fraction of sp³-hybridized carbons (Fsp3) is 0.540. The number of likely N-dealkylation sites (N-methyl/N-ethyl adjacent to an activating group) is 2. The largest absolute Gasteiger partial charge is 0.448 e. The van der Waals surface area contributed by atoms with Crippen LogP contribution in [-0.2, 0) is 38.2 Å². The number of nitrogens with one attached hydrogen (secondary N) is 5. The van der Waals surface area contributed by atoms with Crippen molar-refractivity contribution in [2.24, 2.45) is 11.8 Å². The number of carbonyl (C=O) groups excluding carboxylic acids is 8. The Hall–Kier alpha value is -7.26. The summed E-state index contributed by atoms with van der Waals surface area (Å²) in [6, 6.07) is 19.6. The van der Waals surface area contributed by atoms with Crippen LogP contribution in [0.2, 0.25) is 0 Å². The summed E-state index contributed by atoms with van der Waals surface area (Å²) in [5.74, 6) is -1.83. The van der Waals surface area contributed by atoms with Gasteiger partial charge in [-0.05, 0) is 127 Å². The molecule has 0 bridgehead atoms. The molecule has 4 fully saturated rings. The number of anilines is 2. The summed E-state index contributed by atoms with van der Waals surface area (Å²) in [6.07, 6.45) is 10.1. The first-order valence-corrected chi connectivity index (χ1v) is 30.6. The summed E-state index contributed by atoms with van der Waals surface area (Å²) < 4.78 is 24.6. The van der Waals surface area contributed by atoms with E-state index in [9.17, 15) is 42.7 Å². The Morgan fingerprint density at radius 1 is 0.679 bits per heavy atom. The SMILES string of the molecule is CN[C@@H](C)C(=O)N[C@H](C(=O)N1CCC[C@H]1C(=O)Nc1sc(NC(=O)OCC2c3ccccc3-c3ccccc32)nc1-c1ccccc1)C1CCCCC1.C[C@@H](C(=O)N[C@H](C(=O)N1CCC[C@H]1C(=O)F)C1CCCCC1)N(C)C(=O)OC(C)(C)C. The van der Waals surface area contributed by atoms with Crippen LogP contribution in [0.1, 0.15) is 142 Å². The summed E-state index contributed by atoms with van der Waals surface area (Å²) >= 11 is 1.14. The maximum Gasteiger partial charge on any atom is 0.413 e. The van der Waals surface area contributed by atoms with E-state index in [2.05, 4.69) is 50.8 Å². The zero-order chi connectivity index (χ0) is 60.2. The number of thiazole rings is 1. The average Bonchev–Trinajstić information content (AvgIpc) is 4.03. The normalized spacial score (nSPS) is 19.5. The molecule has 5 aliphatic rings. The van der Waals surface area contributed by atoms with Crippen molar-refractivity contribution in [1.82, 2.24) is 35.6 Å². The summed E-state index contributed by atoms with van der Waals surface area (Å²) in [5.41, 5.74) is 5.08. The molecule has 6 atom stereocenters. The molecule has 3 aliphatic carbocycles. The van der Waals surface area contributed by atoms with Crippen molar-refractivity contribution in [2.75, 3.05) is 44.4 Å². The number of halogens is 1. The van der Waals surface area contributed by atoms with Gasteiger partial charge in [0.25, 0.3) is 0 Å². The third kappa shape index (κ3) is 15.3. The number of aromatic nitrogens is 1. The lowest BCUT2D eigenvalue weighted by atomic mass is 9.83. The van der Waals surface area contributed by atoms with Crippen molar-refractivity contribution in [2.45, 2.75) is 172 Å². The van der Waals surface area contributed by atoms with E-state index in [1.807, 2.05) is 54.6 Å². The minimum atomic E-state index is -1.52. The van der Waals surface area contributed by atoms with Crippen LogP contribution in [0.15, 0.2) is 78.9 Å². The molecule has 4 aromatic rings. The number of hydrogen-bond donors (Lipinski definition) is 5. The van der Waals surface area contributed by atoms with E-state index in [4.69, 9.17) is 14.5 Å². The summed E-state index contributed by atoms with van der Waals surface area (Å²) in [6.45, 7) is 9.42. The zero-order valence-electron chi connectivity index (χ0n) is 49.4. The minimum absolute atomic E-state index is 0.0197. The number of carbonyl (C=O) groups is 8. The van der Waals surface area contributed by atoms with Gasteiger partial charge in [-0.25, -0.2) is 14.6 Å². The number of nitrogens with zero attached hydrogens (tertiary/aromatic N) is 4. The molecule has 3 heterocycles. The highest BCUT2D eigenvalue weighted by Crippen LogP contribution is 2.45. The molecule has 7 amide bonds. The molecule has 21 heteroatoms. The van der Waals surface area contributed by atoms with Crippen molar-refractivity contribution in [3.63, 3.8) is 0 Å². The van der Waals surface area contributed by atoms with Gasteiger partial charge in [0.15, 0.2) is 5.13 Å². The predicted octanol–water partition coefficient (Wildman–Crippen LogP) is 9.57. The Labute approximate surface area is 495 Å². The Morgan fingerprint density at radius 2 is 1.19 bits per heavy atom. The molecule has 2 aliphatic heterocycles. The molecule has 0 radical (unpaired) electrons. The molecule has 3 aromatic carbocycles. The maximum absolute atomic E-state index is 14.2. The molecular formula is C63H82FN9O10S. The molecule has 452 valence electrons. The molecule has 1 aromatic heterocycles. The van der Waals surface area contributed by atoms with Gasteiger partial charge in [0.05, 0.1) is 6.04 Å². The smallest absolute Gasteiger partial charge is 0.413 e. The van der Waals surface area contributed by atoms with Crippen LogP contribution in [0.4, 0.5) is 24.1 Å². The molecule has 0 spiro atoms. The molecule has 9 rings (SSSR count). The van der Waals surface area contributed by atoms with Crippen LogP contribution in [0, 0.1) is 11.8 Å². The quantitative estimate of drug-likeness (QED) is 0.0622. The highest BCUT2D eigenvalue weighted by atomic mass is 32.1. The van der Waals surface area contributed by atoms with Gasteiger partial charge in [-0.1, -0.05) is 129 Å². The van der Waals surface area contributed by atoms with E-state index >= 15 is 0 Å². The Morgan fingerprint density at radius 3 is 1.73 bits per heavy atom. The van der Waals surface area contributed by atoms with Gasteiger partial charge in [0.2, 0.25) is 29.5 Å². The number of ether oxygens (including phenoxy) is 2. The van der Waals surface area contributed by atoms with Crippen LogP contribution < -0.4 is 26.6 Å². The first-order chi connectivity index (χ1) is 40.2. The molecular weight excluding hydrogens is 1090 g/mol. The highest BCUT2D eigenvalue weighted by Gasteiger charge is 2.44. The Bertz CT molecular complexity index is 2950. The van der Waals surface area contributed by atoms with Gasteiger partial charge >= 0.3 is 18.2 Å². The second-order valence-corrected chi connectivity index (χ2v) is 24.7. The minimum Gasteiger partial charge on any atom is -0.448 e. The van der Waals surface area contributed by atoms with E-state index in [0.29, 0.717) is 49.5 Å². The predicted molar refractivity (Wildman–Crippen MR) is 319 cm³/mol. The van der Waals surface area contributed by atoms with Crippen LogP contribution >= 0.6 is 11.3 Å². The van der Waals surface area contributed by atoms with Crippen molar-refractivity contribution in [3.8, 4) is 22.4 Å². The Kier molecular flexibility index (Phi) is 21.3. The van der Waals surface area contributed by atoms with Crippen LogP contribution in [0.5, 0.6) is 0 Å². The van der Waals surface area contributed by atoms with Gasteiger partial charge in [0, 0.05) is 31.6 Å². The van der Waals surface area contributed by atoms with Crippen LogP contribution in [0.25, 0.3) is 22.4 Å². The molecule has 19 nitrogen and oxygen atoms in total. The number of amides is 7.